The maximum atomic E-state index is 12.1. The predicted octanol–water partition coefficient (Wildman–Crippen LogP) is 1.02. The first kappa shape index (κ1) is 14.3. The molecule has 2 unspecified atom stereocenters. The summed E-state index contributed by atoms with van der Waals surface area (Å²) in [5.41, 5.74) is 0. The number of esters is 1. The van der Waals surface area contributed by atoms with Gasteiger partial charge in [0.15, 0.2) is 0 Å². The molecule has 0 spiro atoms. The van der Waals surface area contributed by atoms with Crippen molar-refractivity contribution in [3.63, 3.8) is 0 Å². The van der Waals surface area contributed by atoms with Gasteiger partial charge in [-0.3, -0.25) is 14.5 Å². The molecule has 108 valence electrons. The Bertz CT molecular complexity index is 346. The minimum atomic E-state index is -0.274. The Morgan fingerprint density at radius 3 is 2.63 bits per heavy atom. The molecule has 2 heterocycles. The van der Waals surface area contributed by atoms with E-state index in [1.165, 1.54) is 12.8 Å². The molecule has 0 aliphatic carbocycles. The summed E-state index contributed by atoms with van der Waals surface area (Å²) in [6.07, 6.45) is 3.97. The molecule has 5 nitrogen and oxygen atoms in total. The summed E-state index contributed by atoms with van der Waals surface area (Å²) >= 11 is 0. The smallest absolute Gasteiger partial charge is 0.306 e. The number of nitrogens with zero attached hydrogens (tertiary/aromatic N) is 2. The number of fused-ring (bicyclic) bond motifs is 2. The number of carbonyl (C=O) groups is 2. The van der Waals surface area contributed by atoms with Gasteiger partial charge in [0.05, 0.1) is 13.0 Å². The Labute approximate surface area is 114 Å². The van der Waals surface area contributed by atoms with E-state index in [9.17, 15) is 9.59 Å². The van der Waals surface area contributed by atoms with Gasteiger partial charge >= 0.3 is 5.97 Å². The van der Waals surface area contributed by atoms with E-state index in [1.807, 2.05) is 4.90 Å². The zero-order valence-electron chi connectivity index (χ0n) is 11.9. The number of rotatable bonds is 4. The van der Waals surface area contributed by atoms with Crippen LogP contribution in [-0.4, -0.2) is 60.5 Å². The second-order valence-corrected chi connectivity index (χ2v) is 5.48. The molecule has 2 aliphatic heterocycles. The molecule has 2 aliphatic rings. The number of hydrogen-bond donors (Lipinski definition) is 0. The van der Waals surface area contributed by atoms with Gasteiger partial charge in [-0.15, -0.1) is 0 Å². The molecule has 2 rings (SSSR count). The molecule has 19 heavy (non-hydrogen) atoms. The van der Waals surface area contributed by atoms with Gasteiger partial charge in [0.25, 0.3) is 0 Å². The Kier molecular flexibility index (Phi) is 4.80. The summed E-state index contributed by atoms with van der Waals surface area (Å²) in [7, 11) is 2.16. The fourth-order valence-electron chi connectivity index (χ4n) is 3.14. The second-order valence-electron chi connectivity index (χ2n) is 5.48. The van der Waals surface area contributed by atoms with Crippen molar-refractivity contribution in [2.24, 2.45) is 0 Å². The van der Waals surface area contributed by atoms with E-state index in [1.54, 1.807) is 6.92 Å². The van der Waals surface area contributed by atoms with Gasteiger partial charge in [0.1, 0.15) is 0 Å². The monoisotopic (exact) mass is 268 g/mol. The lowest BCUT2D eigenvalue weighted by atomic mass is 10.1. The summed E-state index contributed by atoms with van der Waals surface area (Å²) in [6, 6.07) is 1.13. The van der Waals surface area contributed by atoms with Gasteiger partial charge in [-0.1, -0.05) is 0 Å². The highest BCUT2D eigenvalue weighted by Crippen LogP contribution is 2.28. The van der Waals surface area contributed by atoms with Crippen LogP contribution in [0.15, 0.2) is 0 Å². The number of amides is 1. The molecule has 0 radical (unpaired) electrons. The summed E-state index contributed by atoms with van der Waals surface area (Å²) in [5.74, 6) is -0.182. The van der Waals surface area contributed by atoms with E-state index in [0.29, 0.717) is 18.7 Å². The normalized spacial score (nSPS) is 27.2. The Morgan fingerprint density at radius 1 is 1.16 bits per heavy atom. The Balaban J connectivity index is 1.81. The van der Waals surface area contributed by atoms with Crippen molar-refractivity contribution in [3.8, 4) is 0 Å². The maximum absolute atomic E-state index is 12.1. The highest BCUT2D eigenvalue weighted by molar-refractivity contribution is 5.81. The van der Waals surface area contributed by atoms with E-state index in [2.05, 4.69) is 11.9 Å². The van der Waals surface area contributed by atoms with Crippen LogP contribution in [0, 0.1) is 0 Å². The molecule has 0 N–H and O–H groups in total. The number of likely N-dealkylation sites (tertiary alicyclic amines) is 1. The molecule has 0 saturated carbocycles. The Morgan fingerprint density at radius 2 is 1.89 bits per heavy atom. The molecule has 2 bridgehead atoms. The van der Waals surface area contributed by atoms with Crippen molar-refractivity contribution in [3.05, 3.63) is 0 Å². The molecule has 0 aromatic rings. The predicted molar refractivity (Wildman–Crippen MR) is 71.6 cm³/mol. The first-order chi connectivity index (χ1) is 9.11. The summed E-state index contributed by atoms with van der Waals surface area (Å²) < 4.78 is 4.85. The molecule has 2 fully saturated rings. The lowest BCUT2D eigenvalue weighted by Crippen LogP contribution is -2.39. The van der Waals surface area contributed by atoms with Crippen LogP contribution in [0.25, 0.3) is 0 Å². The van der Waals surface area contributed by atoms with Crippen LogP contribution in [0.1, 0.15) is 39.0 Å². The van der Waals surface area contributed by atoms with E-state index < -0.39 is 0 Å². The molecular weight excluding hydrogens is 244 g/mol. The number of likely N-dealkylation sites (N-methyl/N-ethyl adjacent to an activating group) is 1. The first-order valence-corrected chi connectivity index (χ1v) is 7.27. The summed E-state index contributed by atoms with van der Waals surface area (Å²) in [6.45, 7) is 3.80. The standard InChI is InChI=1S/C14H24N2O3/c1-3-19-14(18)7-6-13(17)16-9-8-11-4-5-12(10-16)15(11)2/h11-12H,3-10H2,1-2H3. The lowest BCUT2D eigenvalue weighted by Gasteiger charge is -2.25. The van der Waals surface area contributed by atoms with Crippen LogP contribution in [0.4, 0.5) is 0 Å². The van der Waals surface area contributed by atoms with Crippen LogP contribution in [0.2, 0.25) is 0 Å². The average Bonchev–Trinajstić information content (AvgIpc) is 2.61. The number of ether oxygens (including phenoxy) is 1. The zero-order chi connectivity index (χ0) is 13.8. The fraction of sp³-hybridized carbons (Fsp3) is 0.857. The van der Waals surface area contributed by atoms with Gasteiger partial charge in [-0.25, -0.2) is 0 Å². The minimum absolute atomic E-state index is 0.0917. The zero-order valence-corrected chi connectivity index (χ0v) is 11.9. The molecule has 0 aromatic carbocycles. The van der Waals surface area contributed by atoms with E-state index >= 15 is 0 Å². The molecule has 2 atom stereocenters. The van der Waals surface area contributed by atoms with Crippen molar-refractivity contribution >= 4 is 11.9 Å². The van der Waals surface area contributed by atoms with Gasteiger partial charge in [-0.2, -0.15) is 0 Å². The third-order valence-corrected chi connectivity index (χ3v) is 4.35. The highest BCUT2D eigenvalue weighted by Gasteiger charge is 2.35. The van der Waals surface area contributed by atoms with Gasteiger partial charge < -0.3 is 9.64 Å². The van der Waals surface area contributed by atoms with Crippen LogP contribution in [0.5, 0.6) is 0 Å². The fourth-order valence-corrected chi connectivity index (χ4v) is 3.14. The lowest BCUT2D eigenvalue weighted by molar-refractivity contribution is -0.145. The maximum Gasteiger partial charge on any atom is 0.306 e. The highest BCUT2D eigenvalue weighted by atomic mass is 16.5. The number of carbonyl (C=O) groups excluding carboxylic acids is 2. The van der Waals surface area contributed by atoms with Crippen LogP contribution in [-0.2, 0) is 14.3 Å². The first-order valence-electron chi connectivity index (χ1n) is 7.27. The molecule has 2 saturated heterocycles. The third-order valence-electron chi connectivity index (χ3n) is 4.35. The van der Waals surface area contributed by atoms with E-state index in [0.717, 1.165) is 19.5 Å². The average molecular weight is 268 g/mol. The van der Waals surface area contributed by atoms with Gasteiger partial charge in [0.2, 0.25) is 5.91 Å². The van der Waals surface area contributed by atoms with Crippen LogP contribution < -0.4 is 0 Å². The van der Waals surface area contributed by atoms with Gasteiger partial charge in [-0.05, 0) is 33.2 Å². The number of hydrogen-bond acceptors (Lipinski definition) is 4. The van der Waals surface area contributed by atoms with Crippen LogP contribution >= 0.6 is 0 Å². The van der Waals surface area contributed by atoms with Crippen molar-refractivity contribution in [2.45, 2.75) is 51.1 Å². The van der Waals surface area contributed by atoms with E-state index in [4.69, 9.17) is 4.74 Å². The van der Waals surface area contributed by atoms with E-state index in [-0.39, 0.29) is 24.7 Å². The van der Waals surface area contributed by atoms with Crippen molar-refractivity contribution in [2.75, 3.05) is 26.7 Å². The molecule has 0 aromatic heterocycles. The van der Waals surface area contributed by atoms with Crippen molar-refractivity contribution in [1.29, 1.82) is 0 Å². The molecule has 5 heteroatoms. The quantitative estimate of drug-likeness (QED) is 0.714. The van der Waals surface area contributed by atoms with Crippen molar-refractivity contribution in [1.82, 2.24) is 9.80 Å². The van der Waals surface area contributed by atoms with Gasteiger partial charge in [0, 0.05) is 31.6 Å². The minimum Gasteiger partial charge on any atom is -0.466 e. The van der Waals surface area contributed by atoms with Crippen LogP contribution in [0.3, 0.4) is 0 Å². The Hall–Kier alpha value is -1.10. The largest absolute Gasteiger partial charge is 0.466 e. The molecule has 1 amide bonds. The summed E-state index contributed by atoms with van der Waals surface area (Å²) in [4.78, 5) is 27.8. The summed E-state index contributed by atoms with van der Waals surface area (Å²) in [5, 5.41) is 0. The molecular formula is C14H24N2O3. The SMILES string of the molecule is CCOC(=O)CCC(=O)N1CCC2CCC(C1)N2C. The third kappa shape index (κ3) is 3.47. The topological polar surface area (TPSA) is 49.9 Å². The van der Waals surface area contributed by atoms with Crippen molar-refractivity contribution < 1.29 is 14.3 Å². The second kappa shape index (κ2) is 6.37.